The molecule has 106 valence electrons. The average molecular weight is 256 g/mol. The highest BCUT2D eigenvalue weighted by Crippen LogP contribution is 2.09. The van der Waals surface area contributed by atoms with Crippen LogP contribution in [-0.2, 0) is 4.79 Å². The molecule has 0 radical (unpaired) electrons. The summed E-state index contributed by atoms with van der Waals surface area (Å²) in [6.07, 6.45) is 5.14. The first-order chi connectivity index (χ1) is 8.65. The fourth-order valence-electron chi connectivity index (χ4n) is 1.92. The SMILES string of the molecule is C=CCCCCN(C)C(=O)C1CC(O)CN1.CC. The minimum atomic E-state index is -0.372. The molecular weight excluding hydrogens is 228 g/mol. The summed E-state index contributed by atoms with van der Waals surface area (Å²) in [7, 11) is 1.82. The van der Waals surface area contributed by atoms with E-state index in [1.807, 2.05) is 27.0 Å². The molecule has 1 rings (SSSR count). The lowest BCUT2D eigenvalue weighted by atomic mass is 10.1. The number of carbonyl (C=O) groups is 1. The van der Waals surface area contributed by atoms with Crippen molar-refractivity contribution in [2.45, 2.75) is 51.7 Å². The van der Waals surface area contributed by atoms with Crippen LogP contribution in [0.5, 0.6) is 0 Å². The molecule has 4 nitrogen and oxygen atoms in total. The van der Waals surface area contributed by atoms with Crippen molar-refractivity contribution in [3.05, 3.63) is 12.7 Å². The molecule has 0 aliphatic carbocycles. The molecule has 0 spiro atoms. The Labute approximate surface area is 111 Å². The molecule has 1 saturated heterocycles. The molecule has 0 bridgehead atoms. The minimum Gasteiger partial charge on any atom is -0.392 e. The van der Waals surface area contributed by atoms with Gasteiger partial charge in [0.25, 0.3) is 0 Å². The van der Waals surface area contributed by atoms with Gasteiger partial charge in [0.1, 0.15) is 0 Å². The summed E-state index contributed by atoms with van der Waals surface area (Å²) < 4.78 is 0. The molecule has 1 heterocycles. The molecule has 1 aliphatic rings. The number of aliphatic hydroxyl groups is 1. The van der Waals surface area contributed by atoms with Gasteiger partial charge in [0, 0.05) is 20.1 Å². The Hall–Kier alpha value is -0.870. The predicted octanol–water partition coefficient (Wildman–Crippen LogP) is 1.55. The molecule has 1 aliphatic heterocycles. The number of rotatable bonds is 6. The molecule has 1 fully saturated rings. The van der Waals surface area contributed by atoms with Gasteiger partial charge in [0.15, 0.2) is 0 Å². The van der Waals surface area contributed by atoms with Crippen LogP contribution in [0, 0.1) is 0 Å². The van der Waals surface area contributed by atoms with Crippen molar-refractivity contribution in [1.29, 1.82) is 0 Å². The lowest BCUT2D eigenvalue weighted by Gasteiger charge is -2.20. The largest absolute Gasteiger partial charge is 0.392 e. The molecule has 2 N–H and O–H groups in total. The zero-order chi connectivity index (χ0) is 14.0. The lowest BCUT2D eigenvalue weighted by Crippen LogP contribution is -2.41. The van der Waals surface area contributed by atoms with Crippen molar-refractivity contribution >= 4 is 5.91 Å². The van der Waals surface area contributed by atoms with Gasteiger partial charge in [-0.3, -0.25) is 4.79 Å². The van der Waals surface area contributed by atoms with Gasteiger partial charge in [-0.15, -0.1) is 6.58 Å². The molecule has 0 aromatic heterocycles. The van der Waals surface area contributed by atoms with Gasteiger partial charge in [0.2, 0.25) is 5.91 Å². The highest BCUT2D eigenvalue weighted by Gasteiger charge is 2.29. The Morgan fingerprint density at radius 3 is 2.67 bits per heavy atom. The van der Waals surface area contributed by atoms with Crippen molar-refractivity contribution in [3.63, 3.8) is 0 Å². The van der Waals surface area contributed by atoms with Crippen LogP contribution < -0.4 is 5.32 Å². The molecule has 1 amide bonds. The third-order valence-corrected chi connectivity index (χ3v) is 2.93. The molecule has 2 unspecified atom stereocenters. The van der Waals surface area contributed by atoms with E-state index < -0.39 is 0 Å². The summed E-state index contributed by atoms with van der Waals surface area (Å²) in [5.41, 5.74) is 0. The van der Waals surface area contributed by atoms with E-state index in [-0.39, 0.29) is 18.1 Å². The van der Waals surface area contributed by atoms with E-state index in [1.54, 1.807) is 4.90 Å². The first-order valence-corrected chi connectivity index (χ1v) is 6.92. The maximum absolute atomic E-state index is 11.9. The maximum atomic E-state index is 11.9. The highest BCUT2D eigenvalue weighted by molar-refractivity contribution is 5.82. The summed E-state index contributed by atoms with van der Waals surface area (Å²) in [6, 6.07) is -0.195. The molecule has 0 aromatic rings. The third-order valence-electron chi connectivity index (χ3n) is 2.93. The van der Waals surface area contributed by atoms with Crippen LogP contribution in [0.1, 0.15) is 39.5 Å². The van der Waals surface area contributed by atoms with Gasteiger partial charge in [-0.2, -0.15) is 0 Å². The van der Waals surface area contributed by atoms with Crippen LogP contribution in [-0.4, -0.2) is 48.2 Å². The predicted molar refractivity (Wildman–Crippen MR) is 75.4 cm³/mol. The van der Waals surface area contributed by atoms with Gasteiger partial charge in [0.05, 0.1) is 12.1 Å². The van der Waals surface area contributed by atoms with Crippen LogP contribution >= 0.6 is 0 Å². The van der Waals surface area contributed by atoms with E-state index in [2.05, 4.69) is 11.9 Å². The van der Waals surface area contributed by atoms with Gasteiger partial charge < -0.3 is 15.3 Å². The smallest absolute Gasteiger partial charge is 0.239 e. The van der Waals surface area contributed by atoms with Crippen molar-refractivity contribution < 1.29 is 9.90 Å². The van der Waals surface area contributed by atoms with E-state index in [4.69, 9.17) is 0 Å². The molecule has 0 aromatic carbocycles. The Morgan fingerprint density at radius 2 is 2.17 bits per heavy atom. The summed E-state index contributed by atoms with van der Waals surface area (Å²) in [6.45, 7) is 8.97. The minimum absolute atomic E-state index is 0.0927. The van der Waals surface area contributed by atoms with Crippen molar-refractivity contribution in [2.24, 2.45) is 0 Å². The van der Waals surface area contributed by atoms with Crippen LogP contribution in [0.25, 0.3) is 0 Å². The standard InChI is InChI=1S/C12H22N2O2.C2H6/c1-3-4-5-6-7-14(2)12(16)11-8-10(15)9-13-11;1-2/h3,10-11,13,15H,1,4-9H2,2H3;1-2H3. The number of aliphatic hydroxyl groups excluding tert-OH is 1. The first kappa shape index (κ1) is 17.1. The summed E-state index contributed by atoms with van der Waals surface area (Å²) in [4.78, 5) is 13.6. The molecule has 2 atom stereocenters. The number of hydrogen-bond acceptors (Lipinski definition) is 3. The quantitative estimate of drug-likeness (QED) is 0.560. The zero-order valence-corrected chi connectivity index (χ0v) is 12.0. The van der Waals surface area contributed by atoms with Gasteiger partial charge in [-0.05, 0) is 25.7 Å². The van der Waals surface area contributed by atoms with Crippen molar-refractivity contribution in [2.75, 3.05) is 20.1 Å². The van der Waals surface area contributed by atoms with Crippen molar-refractivity contribution in [1.82, 2.24) is 10.2 Å². The molecular formula is C14H28N2O2. The topological polar surface area (TPSA) is 52.6 Å². The number of nitrogens with one attached hydrogen (secondary N) is 1. The van der Waals surface area contributed by atoms with E-state index in [0.29, 0.717) is 13.0 Å². The fourth-order valence-corrected chi connectivity index (χ4v) is 1.92. The zero-order valence-electron chi connectivity index (χ0n) is 12.0. The Bertz CT molecular complexity index is 244. The Morgan fingerprint density at radius 1 is 1.50 bits per heavy atom. The lowest BCUT2D eigenvalue weighted by molar-refractivity contribution is -0.132. The number of amides is 1. The van der Waals surface area contributed by atoms with Gasteiger partial charge in [-0.1, -0.05) is 19.9 Å². The van der Waals surface area contributed by atoms with E-state index in [0.717, 1.165) is 25.8 Å². The normalized spacial score (nSPS) is 22.0. The van der Waals surface area contributed by atoms with Gasteiger partial charge in [-0.25, -0.2) is 0 Å². The fraction of sp³-hybridized carbons (Fsp3) is 0.786. The number of likely N-dealkylation sites (N-methyl/N-ethyl adjacent to an activating group) is 1. The number of β-amino-alcohol motifs (C(OH)–C–C–N with tert-alkyl or cyclic N) is 1. The number of allylic oxidation sites excluding steroid dienone is 1. The number of nitrogens with zero attached hydrogens (tertiary/aromatic N) is 1. The molecule has 4 heteroatoms. The van der Waals surface area contributed by atoms with Crippen LogP contribution in [0.3, 0.4) is 0 Å². The summed E-state index contributed by atoms with van der Waals surface area (Å²) >= 11 is 0. The third kappa shape index (κ3) is 6.17. The van der Waals surface area contributed by atoms with Crippen LogP contribution in [0.15, 0.2) is 12.7 Å². The Kier molecular flexibility index (Phi) is 9.60. The second kappa shape index (κ2) is 10.1. The molecule has 18 heavy (non-hydrogen) atoms. The Balaban J connectivity index is 0.00000137. The monoisotopic (exact) mass is 256 g/mol. The summed E-state index contributed by atoms with van der Waals surface area (Å²) in [5.74, 6) is 0.0927. The van der Waals surface area contributed by atoms with Crippen molar-refractivity contribution in [3.8, 4) is 0 Å². The second-order valence-corrected chi connectivity index (χ2v) is 4.39. The van der Waals surface area contributed by atoms with E-state index >= 15 is 0 Å². The average Bonchev–Trinajstić information content (AvgIpc) is 2.82. The molecule has 0 saturated carbocycles. The number of carbonyl (C=O) groups excluding carboxylic acids is 1. The van der Waals surface area contributed by atoms with Crippen LogP contribution in [0.4, 0.5) is 0 Å². The van der Waals surface area contributed by atoms with E-state index in [1.165, 1.54) is 0 Å². The maximum Gasteiger partial charge on any atom is 0.239 e. The second-order valence-electron chi connectivity index (χ2n) is 4.39. The summed E-state index contributed by atoms with van der Waals surface area (Å²) in [5, 5.41) is 12.4. The highest BCUT2D eigenvalue weighted by atomic mass is 16.3. The van der Waals surface area contributed by atoms with Crippen LogP contribution in [0.2, 0.25) is 0 Å². The number of hydrogen-bond donors (Lipinski definition) is 2. The van der Waals surface area contributed by atoms with Gasteiger partial charge >= 0.3 is 0 Å². The number of unbranched alkanes of at least 4 members (excludes halogenated alkanes) is 2. The first-order valence-electron chi connectivity index (χ1n) is 6.92. The van der Waals surface area contributed by atoms with E-state index in [9.17, 15) is 9.90 Å².